The summed E-state index contributed by atoms with van der Waals surface area (Å²) in [4.78, 5) is 23.9. The van der Waals surface area contributed by atoms with E-state index in [0.717, 1.165) is 12.1 Å². The van der Waals surface area contributed by atoms with Crippen molar-refractivity contribution < 1.29 is 4.79 Å². The lowest BCUT2D eigenvalue weighted by Crippen LogP contribution is -2.48. The molecule has 1 fully saturated rings. The molecule has 1 aromatic heterocycles. The topological polar surface area (TPSA) is 58.1 Å². The molecule has 0 aliphatic carbocycles. The number of piperazine rings is 1. The van der Waals surface area contributed by atoms with Gasteiger partial charge in [0.15, 0.2) is 5.82 Å². The highest BCUT2D eigenvalue weighted by molar-refractivity contribution is 5.95. The lowest BCUT2D eigenvalue weighted by molar-refractivity contribution is 0.0701. The number of benzene rings is 2. The molecule has 27 heavy (non-hydrogen) atoms. The van der Waals surface area contributed by atoms with E-state index >= 15 is 0 Å². The van der Waals surface area contributed by atoms with Crippen molar-refractivity contribution in [3.63, 3.8) is 0 Å². The zero-order valence-electron chi connectivity index (χ0n) is 15.3. The highest BCUT2D eigenvalue weighted by Gasteiger charge is 2.26. The number of amides is 1. The summed E-state index contributed by atoms with van der Waals surface area (Å²) in [6.07, 6.45) is 1.66. The van der Waals surface area contributed by atoms with Crippen LogP contribution in [-0.2, 0) is 0 Å². The van der Waals surface area contributed by atoms with Crippen LogP contribution in [0.5, 0.6) is 0 Å². The van der Waals surface area contributed by atoms with Crippen LogP contribution in [0.3, 0.4) is 0 Å². The van der Waals surface area contributed by atoms with Crippen LogP contribution in [-0.4, -0.2) is 40.4 Å². The average Bonchev–Trinajstić information content (AvgIpc) is 2.74. The van der Waals surface area contributed by atoms with E-state index in [9.17, 15) is 4.79 Å². The molecule has 1 N–H and O–H groups in total. The molecule has 0 saturated carbocycles. The van der Waals surface area contributed by atoms with Crippen LogP contribution in [0.2, 0.25) is 0 Å². The SMILES string of the molecule is Cc1nc(-c2ccccc2)ncc1C(=O)N1CCN[C@H](c2ccccc2)C1. The van der Waals surface area contributed by atoms with Gasteiger partial charge < -0.3 is 10.2 Å². The fraction of sp³-hybridized carbons (Fsp3) is 0.227. The van der Waals surface area contributed by atoms with Gasteiger partial charge in [-0.25, -0.2) is 9.97 Å². The Hall–Kier alpha value is -3.05. The summed E-state index contributed by atoms with van der Waals surface area (Å²) in [5.41, 5.74) is 3.43. The van der Waals surface area contributed by atoms with Crippen LogP contribution in [0.25, 0.3) is 11.4 Å². The molecule has 2 heterocycles. The molecule has 5 nitrogen and oxygen atoms in total. The zero-order chi connectivity index (χ0) is 18.6. The number of carbonyl (C=O) groups excluding carboxylic acids is 1. The Balaban J connectivity index is 1.54. The molecule has 0 bridgehead atoms. The number of hydrogen-bond donors (Lipinski definition) is 1. The van der Waals surface area contributed by atoms with Crippen molar-refractivity contribution in [1.82, 2.24) is 20.2 Å². The highest BCUT2D eigenvalue weighted by Crippen LogP contribution is 2.20. The molecule has 0 spiro atoms. The zero-order valence-corrected chi connectivity index (χ0v) is 15.3. The van der Waals surface area contributed by atoms with Gasteiger partial charge in [0, 0.05) is 37.4 Å². The molecule has 1 aliphatic heterocycles. The van der Waals surface area contributed by atoms with Gasteiger partial charge in [0.1, 0.15) is 0 Å². The van der Waals surface area contributed by atoms with E-state index in [4.69, 9.17) is 0 Å². The van der Waals surface area contributed by atoms with Crippen molar-refractivity contribution in [2.24, 2.45) is 0 Å². The molecule has 136 valence electrons. The molecule has 1 atom stereocenters. The predicted octanol–water partition coefficient (Wildman–Crippen LogP) is 3.24. The first-order valence-corrected chi connectivity index (χ1v) is 9.19. The summed E-state index contributed by atoms with van der Waals surface area (Å²) in [7, 11) is 0. The van der Waals surface area contributed by atoms with Crippen LogP contribution in [0.4, 0.5) is 0 Å². The van der Waals surface area contributed by atoms with Crippen molar-refractivity contribution >= 4 is 5.91 Å². The van der Waals surface area contributed by atoms with Crippen molar-refractivity contribution in [1.29, 1.82) is 0 Å². The highest BCUT2D eigenvalue weighted by atomic mass is 16.2. The quantitative estimate of drug-likeness (QED) is 0.781. The van der Waals surface area contributed by atoms with Gasteiger partial charge in [-0.3, -0.25) is 4.79 Å². The normalized spacial score (nSPS) is 16.9. The monoisotopic (exact) mass is 358 g/mol. The van der Waals surface area contributed by atoms with Gasteiger partial charge in [-0.05, 0) is 12.5 Å². The van der Waals surface area contributed by atoms with Crippen molar-refractivity contribution in [2.45, 2.75) is 13.0 Å². The van der Waals surface area contributed by atoms with Gasteiger partial charge in [-0.2, -0.15) is 0 Å². The predicted molar refractivity (Wildman–Crippen MR) is 105 cm³/mol. The summed E-state index contributed by atoms with van der Waals surface area (Å²) >= 11 is 0. The molecular weight excluding hydrogens is 336 g/mol. The fourth-order valence-corrected chi connectivity index (χ4v) is 3.42. The Kier molecular flexibility index (Phi) is 4.94. The Labute approximate surface area is 159 Å². The van der Waals surface area contributed by atoms with Gasteiger partial charge in [-0.1, -0.05) is 60.7 Å². The standard InChI is InChI=1S/C22H22N4O/c1-16-19(14-24-21(25-16)18-10-6-3-7-11-18)22(27)26-13-12-23-20(15-26)17-8-4-2-5-9-17/h2-11,14,20,23H,12-13,15H2,1H3/t20-/m0/s1. The lowest BCUT2D eigenvalue weighted by Gasteiger charge is -2.34. The number of rotatable bonds is 3. The fourth-order valence-electron chi connectivity index (χ4n) is 3.42. The van der Waals surface area contributed by atoms with Gasteiger partial charge in [0.25, 0.3) is 5.91 Å². The van der Waals surface area contributed by atoms with E-state index in [-0.39, 0.29) is 11.9 Å². The molecular formula is C22H22N4O. The molecule has 1 saturated heterocycles. The summed E-state index contributed by atoms with van der Waals surface area (Å²) in [5, 5.41) is 3.49. The summed E-state index contributed by atoms with van der Waals surface area (Å²) in [5.74, 6) is 0.640. The minimum Gasteiger partial charge on any atom is -0.335 e. The first kappa shape index (κ1) is 17.4. The Bertz CT molecular complexity index is 928. The number of carbonyl (C=O) groups is 1. The second-order valence-electron chi connectivity index (χ2n) is 6.73. The molecule has 0 radical (unpaired) electrons. The van der Waals surface area contributed by atoms with Crippen LogP contribution >= 0.6 is 0 Å². The van der Waals surface area contributed by atoms with Crippen LogP contribution in [0.15, 0.2) is 66.9 Å². The van der Waals surface area contributed by atoms with Crippen molar-refractivity contribution in [2.75, 3.05) is 19.6 Å². The molecule has 5 heteroatoms. The minimum absolute atomic E-state index is 0.00505. The summed E-state index contributed by atoms with van der Waals surface area (Å²) < 4.78 is 0. The van der Waals surface area contributed by atoms with Gasteiger partial charge in [-0.15, -0.1) is 0 Å². The van der Waals surface area contributed by atoms with Crippen LogP contribution < -0.4 is 5.32 Å². The largest absolute Gasteiger partial charge is 0.335 e. The van der Waals surface area contributed by atoms with Gasteiger partial charge >= 0.3 is 0 Å². The smallest absolute Gasteiger partial charge is 0.257 e. The maximum Gasteiger partial charge on any atom is 0.257 e. The number of aryl methyl sites for hydroxylation is 1. The van der Waals surface area contributed by atoms with Crippen molar-refractivity contribution in [3.8, 4) is 11.4 Å². The van der Waals surface area contributed by atoms with E-state index in [1.165, 1.54) is 5.56 Å². The van der Waals surface area contributed by atoms with Crippen LogP contribution in [0.1, 0.15) is 27.7 Å². The molecule has 4 rings (SSSR count). The Morgan fingerprint density at radius 2 is 1.78 bits per heavy atom. The first-order chi connectivity index (χ1) is 13.2. The third kappa shape index (κ3) is 3.73. The number of nitrogens with zero attached hydrogens (tertiary/aromatic N) is 3. The van der Waals surface area contributed by atoms with E-state index in [1.807, 2.05) is 60.4 Å². The second-order valence-corrected chi connectivity index (χ2v) is 6.73. The second kappa shape index (κ2) is 7.68. The summed E-state index contributed by atoms with van der Waals surface area (Å²) in [6, 6.07) is 20.2. The van der Waals surface area contributed by atoms with E-state index in [1.54, 1.807) is 6.20 Å². The van der Waals surface area contributed by atoms with E-state index < -0.39 is 0 Å². The number of hydrogen-bond acceptors (Lipinski definition) is 4. The van der Waals surface area contributed by atoms with Crippen LogP contribution in [0, 0.1) is 6.92 Å². The molecule has 0 unspecified atom stereocenters. The van der Waals surface area contributed by atoms with Gasteiger partial charge in [0.2, 0.25) is 0 Å². The maximum absolute atomic E-state index is 13.1. The van der Waals surface area contributed by atoms with E-state index in [0.29, 0.717) is 30.2 Å². The van der Waals surface area contributed by atoms with Gasteiger partial charge in [0.05, 0.1) is 11.3 Å². The average molecular weight is 358 g/mol. The molecule has 2 aromatic carbocycles. The maximum atomic E-state index is 13.1. The molecule has 3 aromatic rings. The number of nitrogens with one attached hydrogen (secondary N) is 1. The minimum atomic E-state index is -0.00505. The lowest BCUT2D eigenvalue weighted by atomic mass is 10.0. The molecule has 1 amide bonds. The third-order valence-electron chi connectivity index (χ3n) is 4.91. The Morgan fingerprint density at radius 1 is 1.07 bits per heavy atom. The first-order valence-electron chi connectivity index (χ1n) is 9.19. The number of aromatic nitrogens is 2. The Morgan fingerprint density at radius 3 is 2.48 bits per heavy atom. The van der Waals surface area contributed by atoms with Crippen molar-refractivity contribution in [3.05, 3.63) is 83.7 Å². The molecule has 1 aliphatic rings. The third-order valence-corrected chi connectivity index (χ3v) is 4.91. The van der Waals surface area contributed by atoms with E-state index in [2.05, 4.69) is 27.4 Å². The summed E-state index contributed by atoms with van der Waals surface area (Å²) in [6.45, 7) is 3.97.